The average Bonchev–Trinajstić information content (AvgIpc) is 2.36. The van der Waals surface area contributed by atoms with Gasteiger partial charge >= 0.3 is 12.2 Å². The standard InChI is InChI=1S/C13H17F3N4O2/c1-7(11(17)21)18-12(22)19-9-6-8(13(14,15)16)4-5-10(9)20(2)3/h4-7H,1-3H3,(H2,17,21)(H2,18,19,22)/t7-/m0/s1. The molecule has 122 valence electrons. The van der Waals surface area contributed by atoms with E-state index in [9.17, 15) is 22.8 Å². The van der Waals surface area contributed by atoms with Gasteiger partial charge in [-0.3, -0.25) is 4.79 Å². The lowest BCUT2D eigenvalue weighted by molar-refractivity contribution is -0.137. The van der Waals surface area contributed by atoms with Crippen molar-refractivity contribution in [1.82, 2.24) is 5.32 Å². The van der Waals surface area contributed by atoms with Crippen molar-refractivity contribution in [2.24, 2.45) is 5.73 Å². The van der Waals surface area contributed by atoms with E-state index in [0.717, 1.165) is 12.1 Å². The molecule has 0 saturated carbocycles. The van der Waals surface area contributed by atoms with Crippen molar-refractivity contribution in [3.05, 3.63) is 23.8 Å². The summed E-state index contributed by atoms with van der Waals surface area (Å²) in [7, 11) is 3.25. The van der Waals surface area contributed by atoms with Gasteiger partial charge in [-0.05, 0) is 25.1 Å². The molecule has 22 heavy (non-hydrogen) atoms. The topological polar surface area (TPSA) is 87.5 Å². The predicted octanol–water partition coefficient (Wildman–Crippen LogP) is 1.77. The van der Waals surface area contributed by atoms with Crippen molar-refractivity contribution in [3.63, 3.8) is 0 Å². The van der Waals surface area contributed by atoms with Gasteiger partial charge in [-0.25, -0.2) is 4.79 Å². The quantitative estimate of drug-likeness (QED) is 0.790. The van der Waals surface area contributed by atoms with Crippen LogP contribution in [0.3, 0.4) is 0 Å². The van der Waals surface area contributed by atoms with E-state index < -0.39 is 29.7 Å². The first-order valence-corrected chi connectivity index (χ1v) is 6.27. The molecular formula is C13H17F3N4O2. The molecule has 0 spiro atoms. The van der Waals surface area contributed by atoms with Crippen LogP contribution >= 0.6 is 0 Å². The summed E-state index contributed by atoms with van der Waals surface area (Å²) in [6.07, 6.45) is -4.53. The number of rotatable bonds is 4. The van der Waals surface area contributed by atoms with Crippen molar-refractivity contribution in [3.8, 4) is 0 Å². The Hall–Kier alpha value is -2.45. The summed E-state index contributed by atoms with van der Waals surface area (Å²) in [5.74, 6) is -0.757. The van der Waals surface area contributed by atoms with Gasteiger partial charge in [-0.1, -0.05) is 0 Å². The van der Waals surface area contributed by atoms with E-state index in [1.165, 1.54) is 13.0 Å². The third kappa shape index (κ3) is 4.54. The lowest BCUT2D eigenvalue weighted by atomic mass is 10.1. The fraction of sp³-hybridized carbons (Fsp3) is 0.385. The first kappa shape index (κ1) is 17.6. The number of carbonyl (C=O) groups is 2. The highest BCUT2D eigenvalue weighted by Gasteiger charge is 2.31. The summed E-state index contributed by atoms with van der Waals surface area (Å²) >= 11 is 0. The summed E-state index contributed by atoms with van der Waals surface area (Å²) in [4.78, 5) is 24.2. The molecule has 1 rings (SSSR count). The van der Waals surface area contributed by atoms with Gasteiger partial charge in [0.25, 0.3) is 0 Å². The van der Waals surface area contributed by atoms with Crippen molar-refractivity contribution >= 4 is 23.3 Å². The normalized spacial score (nSPS) is 12.5. The summed E-state index contributed by atoms with van der Waals surface area (Å²) in [6.45, 7) is 1.36. The molecule has 0 heterocycles. The van der Waals surface area contributed by atoms with Crippen LogP contribution in [0.4, 0.5) is 29.3 Å². The van der Waals surface area contributed by atoms with E-state index in [2.05, 4.69) is 10.6 Å². The number of alkyl halides is 3. The fourth-order valence-electron chi connectivity index (χ4n) is 1.63. The highest BCUT2D eigenvalue weighted by atomic mass is 19.4. The Bertz CT molecular complexity index is 573. The molecule has 0 aliphatic rings. The number of primary amides is 1. The minimum Gasteiger partial charge on any atom is -0.376 e. The molecule has 0 aliphatic carbocycles. The lowest BCUT2D eigenvalue weighted by Crippen LogP contribution is -2.44. The van der Waals surface area contributed by atoms with Crippen LogP contribution < -0.4 is 21.3 Å². The van der Waals surface area contributed by atoms with Crippen LogP contribution in [-0.2, 0) is 11.0 Å². The molecule has 0 unspecified atom stereocenters. The Morgan fingerprint density at radius 1 is 1.27 bits per heavy atom. The monoisotopic (exact) mass is 318 g/mol. The van der Waals surface area contributed by atoms with Gasteiger partial charge in [-0.2, -0.15) is 13.2 Å². The predicted molar refractivity (Wildman–Crippen MR) is 76.6 cm³/mol. The van der Waals surface area contributed by atoms with E-state index in [1.807, 2.05) is 0 Å². The van der Waals surface area contributed by atoms with Crippen molar-refractivity contribution in [2.75, 3.05) is 24.3 Å². The molecule has 0 aromatic heterocycles. The molecule has 0 aliphatic heterocycles. The number of nitrogens with zero attached hydrogens (tertiary/aromatic N) is 1. The van der Waals surface area contributed by atoms with Gasteiger partial charge in [0.2, 0.25) is 5.91 Å². The Labute approximate surface area is 125 Å². The molecule has 0 saturated heterocycles. The minimum atomic E-state index is -4.53. The SMILES string of the molecule is C[C@H](NC(=O)Nc1cc(C(F)(F)F)ccc1N(C)C)C(N)=O. The second-order valence-electron chi connectivity index (χ2n) is 4.85. The second-order valence-corrected chi connectivity index (χ2v) is 4.85. The molecular weight excluding hydrogens is 301 g/mol. The molecule has 6 nitrogen and oxygen atoms in total. The maximum absolute atomic E-state index is 12.8. The number of benzene rings is 1. The van der Waals surface area contributed by atoms with E-state index in [-0.39, 0.29) is 5.69 Å². The van der Waals surface area contributed by atoms with Crippen molar-refractivity contribution in [1.29, 1.82) is 0 Å². The van der Waals surface area contributed by atoms with Crippen LogP contribution in [0.15, 0.2) is 18.2 Å². The lowest BCUT2D eigenvalue weighted by Gasteiger charge is -2.20. The maximum Gasteiger partial charge on any atom is 0.416 e. The number of amides is 3. The number of anilines is 2. The van der Waals surface area contributed by atoms with E-state index in [1.54, 1.807) is 19.0 Å². The highest BCUT2D eigenvalue weighted by Crippen LogP contribution is 2.34. The minimum absolute atomic E-state index is 0.0333. The molecule has 1 aromatic rings. The Morgan fingerprint density at radius 2 is 1.86 bits per heavy atom. The number of urea groups is 1. The van der Waals surface area contributed by atoms with Crippen molar-refractivity contribution in [2.45, 2.75) is 19.1 Å². The average molecular weight is 318 g/mol. The van der Waals surface area contributed by atoms with Crippen LogP contribution in [0, 0.1) is 0 Å². The molecule has 4 N–H and O–H groups in total. The zero-order valence-electron chi connectivity index (χ0n) is 12.3. The maximum atomic E-state index is 12.8. The summed E-state index contributed by atoms with van der Waals surface area (Å²) in [6, 6.07) is 1.21. The van der Waals surface area contributed by atoms with Crippen LogP contribution in [0.1, 0.15) is 12.5 Å². The molecule has 1 aromatic carbocycles. The van der Waals surface area contributed by atoms with Gasteiger partial charge in [-0.15, -0.1) is 0 Å². The number of hydrogen-bond donors (Lipinski definition) is 3. The summed E-state index contributed by atoms with van der Waals surface area (Å²) in [5, 5.41) is 4.52. The third-order valence-corrected chi connectivity index (χ3v) is 2.83. The van der Waals surface area contributed by atoms with E-state index >= 15 is 0 Å². The van der Waals surface area contributed by atoms with Crippen LogP contribution in [-0.4, -0.2) is 32.1 Å². The number of nitrogens with one attached hydrogen (secondary N) is 2. The molecule has 0 fully saturated rings. The third-order valence-electron chi connectivity index (χ3n) is 2.83. The van der Waals surface area contributed by atoms with Gasteiger partial charge < -0.3 is 21.3 Å². The van der Waals surface area contributed by atoms with Crippen LogP contribution in [0.5, 0.6) is 0 Å². The molecule has 3 amide bonds. The van der Waals surface area contributed by atoms with E-state index in [0.29, 0.717) is 5.69 Å². The number of halogens is 3. The highest BCUT2D eigenvalue weighted by molar-refractivity contribution is 5.96. The molecule has 0 radical (unpaired) electrons. The number of nitrogens with two attached hydrogens (primary N) is 1. The molecule has 0 bridgehead atoms. The molecule has 1 atom stereocenters. The van der Waals surface area contributed by atoms with Gasteiger partial charge in [0, 0.05) is 14.1 Å². The fourth-order valence-corrected chi connectivity index (χ4v) is 1.63. The van der Waals surface area contributed by atoms with E-state index in [4.69, 9.17) is 5.73 Å². The van der Waals surface area contributed by atoms with Gasteiger partial charge in [0.05, 0.1) is 16.9 Å². The smallest absolute Gasteiger partial charge is 0.376 e. The largest absolute Gasteiger partial charge is 0.416 e. The van der Waals surface area contributed by atoms with Gasteiger partial charge in [0.1, 0.15) is 6.04 Å². The second kappa shape index (κ2) is 6.54. The van der Waals surface area contributed by atoms with Crippen LogP contribution in [0.25, 0.3) is 0 Å². The Morgan fingerprint density at radius 3 is 2.32 bits per heavy atom. The number of hydrogen-bond acceptors (Lipinski definition) is 3. The first-order valence-electron chi connectivity index (χ1n) is 6.27. The number of carbonyl (C=O) groups excluding carboxylic acids is 2. The zero-order valence-corrected chi connectivity index (χ0v) is 12.3. The Balaban J connectivity index is 3.05. The first-order chi connectivity index (χ1) is 10.0. The summed E-state index contributed by atoms with van der Waals surface area (Å²) < 4.78 is 38.3. The summed E-state index contributed by atoms with van der Waals surface area (Å²) in [5.41, 5.74) is 4.46. The molecule has 9 heteroatoms. The van der Waals surface area contributed by atoms with Crippen molar-refractivity contribution < 1.29 is 22.8 Å². The Kier molecular flexibility index (Phi) is 5.23. The van der Waals surface area contributed by atoms with Crippen LogP contribution in [0.2, 0.25) is 0 Å². The zero-order chi connectivity index (χ0) is 17.1. The van der Waals surface area contributed by atoms with Gasteiger partial charge in [0.15, 0.2) is 0 Å².